The summed E-state index contributed by atoms with van der Waals surface area (Å²) in [5.41, 5.74) is 0. The largest absolute Gasteiger partial charge is 0.369 e. The Hall–Kier alpha value is -0.340. The lowest BCUT2D eigenvalue weighted by Crippen LogP contribution is -2.10. The second-order valence-electron chi connectivity index (χ2n) is 3.80. The van der Waals surface area contributed by atoms with E-state index in [-0.39, 0.29) is 0 Å². The zero-order valence-electron chi connectivity index (χ0n) is 8.75. The number of unbranched alkanes of at least 4 members (excludes halogenated alkanes) is 1. The first kappa shape index (κ1) is 10.7. The Labute approximate surface area is 81.4 Å². The van der Waals surface area contributed by atoms with Crippen molar-refractivity contribution in [2.24, 2.45) is 5.92 Å². The first-order valence-electron chi connectivity index (χ1n) is 5.22. The second kappa shape index (κ2) is 5.40. The molecule has 0 bridgehead atoms. The lowest BCUT2D eigenvalue weighted by molar-refractivity contribution is 0.332. The third-order valence-electron chi connectivity index (χ3n) is 2.70. The Morgan fingerprint density at radius 2 is 2.23 bits per heavy atom. The molecule has 0 aromatic heterocycles. The van der Waals surface area contributed by atoms with Gasteiger partial charge < -0.3 is 10.1 Å². The van der Waals surface area contributed by atoms with Gasteiger partial charge in [-0.25, -0.2) is 0 Å². The molecule has 3 atom stereocenters. The Balaban J connectivity index is 2.07. The van der Waals surface area contributed by atoms with Crippen molar-refractivity contribution < 1.29 is 4.74 Å². The molecule has 1 rings (SSSR count). The van der Waals surface area contributed by atoms with Crippen LogP contribution in [0.1, 0.15) is 26.2 Å². The maximum absolute atomic E-state index is 5.44. The Morgan fingerprint density at radius 1 is 1.54 bits per heavy atom. The Bertz CT molecular complexity index is 158. The predicted octanol–water partition coefficient (Wildman–Crippen LogP) is 1.97. The van der Waals surface area contributed by atoms with Crippen LogP contribution in [0.3, 0.4) is 0 Å². The number of nitrogens with one attached hydrogen (secondary N) is 1. The van der Waals surface area contributed by atoms with Crippen LogP contribution in [0.15, 0.2) is 12.7 Å². The molecule has 0 aliphatic carbocycles. The first-order valence-corrected chi connectivity index (χ1v) is 5.22. The molecule has 76 valence electrons. The second-order valence-corrected chi connectivity index (χ2v) is 3.80. The normalized spacial score (nSPS) is 28.5. The lowest BCUT2D eigenvalue weighted by Gasteiger charge is -2.08. The summed E-state index contributed by atoms with van der Waals surface area (Å²) < 4.78 is 5.44. The zero-order valence-corrected chi connectivity index (χ0v) is 8.75. The first-order chi connectivity index (χ1) is 6.29. The lowest BCUT2D eigenvalue weighted by atomic mass is 9.97. The predicted molar refractivity (Wildman–Crippen MR) is 55.8 cm³/mol. The third kappa shape index (κ3) is 3.49. The van der Waals surface area contributed by atoms with Gasteiger partial charge in [-0.2, -0.15) is 0 Å². The van der Waals surface area contributed by atoms with Gasteiger partial charge in [-0.1, -0.05) is 12.5 Å². The summed E-state index contributed by atoms with van der Waals surface area (Å²) in [6, 6.07) is 0. The van der Waals surface area contributed by atoms with Gasteiger partial charge in [-0.15, -0.1) is 6.58 Å². The maximum atomic E-state index is 5.44. The number of hydrogen-bond acceptors (Lipinski definition) is 2. The quantitative estimate of drug-likeness (QED) is 0.371. The zero-order chi connectivity index (χ0) is 9.68. The summed E-state index contributed by atoms with van der Waals surface area (Å²) in [6.07, 6.45) is 6.72. The summed E-state index contributed by atoms with van der Waals surface area (Å²) in [7, 11) is 2.00. The highest BCUT2D eigenvalue weighted by Crippen LogP contribution is 2.32. The van der Waals surface area contributed by atoms with Crippen molar-refractivity contribution in [3.05, 3.63) is 12.7 Å². The van der Waals surface area contributed by atoms with Gasteiger partial charge in [0, 0.05) is 5.92 Å². The van der Waals surface area contributed by atoms with Gasteiger partial charge in [-0.05, 0) is 33.4 Å². The van der Waals surface area contributed by atoms with Gasteiger partial charge in [-0.3, -0.25) is 0 Å². The van der Waals surface area contributed by atoms with Crippen LogP contribution in [0.5, 0.6) is 0 Å². The van der Waals surface area contributed by atoms with Crippen molar-refractivity contribution in [3.8, 4) is 0 Å². The molecule has 2 heteroatoms. The number of epoxide rings is 1. The smallest absolute Gasteiger partial charge is 0.0901 e. The van der Waals surface area contributed by atoms with Gasteiger partial charge in [0.05, 0.1) is 12.2 Å². The van der Waals surface area contributed by atoms with Gasteiger partial charge in [0.1, 0.15) is 0 Å². The van der Waals surface area contributed by atoms with Crippen molar-refractivity contribution in [2.45, 2.75) is 38.4 Å². The van der Waals surface area contributed by atoms with E-state index in [0.717, 1.165) is 6.54 Å². The maximum Gasteiger partial charge on any atom is 0.0901 e. The topological polar surface area (TPSA) is 24.6 Å². The average Bonchev–Trinajstić information content (AvgIpc) is 2.83. The standard InChI is InChI=1S/C11H21NO/c1-4-10(11-9(2)13-11)7-5-6-8-12-3/h4,9-12H,1,5-8H2,2-3H3/t9?,10-,11?/m1/s1. The molecule has 1 aliphatic heterocycles. The van der Waals surface area contributed by atoms with E-state index in [4.69, 9.17) is 4.74 Å². The van der Waals surface area contributed by atoms with E-state index in [1.54, 1.807) is 0 Å². The van der Waals surface area contributed by atoms with Crippen LogP contribution in [0.2, 0.25) is 0 Å². The molecule has 1 aliphatic rings. The molecule has 13 heavy (non-hydrogen) atoms. The average molecular weight is 183 g/mol. The van der Waals surface area contributed by atoms with E-state index in [1.165, 1.54) is 19.3 Å². The van der Waals surface area contributed by atoms with Crippen molar-refractivity contribution in [3.63, 3.8) is 0 Å². The van der Waals surface area contributed by atoms with Crippen LogP contribution in [-0.4, -0.2) is 25.8 Å². The fourth-order valence-corrected chi connectivity index (χ4v) is 1.75. The van der Waals surface area contributed by atoms with E-state index in [0.29, 0.717) is 18.1 Å². The summed E-state index contributed by atoms with van der Waals surface area (Å²) in [4.78, 5) is 0. The molecule has 0 spiro atoms. The number of hydrogen-bond donors (Lipinski definition) is 1. The number of ether oxygens (including phenoxy) is 1. The Morgan fingerprint density at radius 3 is 2.69 bits per heavy atom. The summed E-state index contributed by atoms with van der Waals surface area (Å²) >= 11 is 0. The van der Waals surface area contributed by atoms with Crippen molar-refractivity contribution in [1.29, 1.82) is 0 Å². The van der Waals surface area contributed by atoms with Crippen LogP contribution in [0, 0.1) is 5.92 Å². The molecule has 2 nitrogen and oxygen atoms in total. The highest BCUT2D eigenvalue weighted by atomic mass is 16.6. The van der Waals surface area contributed by atoms with E-state index < -0.39 is 0 Å². The molecule has 0 amide bonds. The molecule has 1 saturated heterocycles. The minimum absolute atomic E-state index is 0.465. The third-order valence-corrected chi connectivity index (χ3v) is 2.70. The molecule has 0 aromatic rings. The molecule has 0 aromatic carbocycles. The summed E-state index contributed by atoms with van der Waals surface area (Å²) in [5.74, 6) is 0.576. The van der Waals surface area contributed by atoms with Gasteiger partial charge in [0.25, 0.3) is 0 Å². The van der Waals surface area contributed by atoms with E-state index >= 15 is 0 Å². The Kier molecular flexibility index (Phi) is 4.46. The number of rotatable bonds is 7. The van der Waals surface area contributed by atoms with Crippen molar-refractivity contribution >= 4 is 0 Å². The van der Waals surface area contributed by atoms with Crippen LogP contribution in [0.25, 0.3) is 0 Å². The van der Waals surface area contributed by atoms with Crippen LogP contribution in [-0.2, 0) is 4.74 Å². The highest BCUT2D eigenvalue weighted by Gasteiger charge is 2.39. The minimum atomic E-state index is 0.465. The highest BCUT2D eigenvalue weighted by molar-refractivity contribution is 4.95. The summed E-state index contributed by atoms with van der Waals surface area (Å²) in [5, 5.41) is 3.16. The molecule has 0 radical (unpaired) electrons. The van der Waals surface area contributed by atoms with E-state index in [1.807, 2.05) is 13.1 Å². The molecular formula is C11H21NO. The van der Waals surface area contributed by atoms with E-state index in [2.05, 4.69) is 18.8 Å². The molecule has 1 N–H and O–H groups in total. The molecular weight excluding hydrogens is 162 g/mol. The van der Waals surface area contributed by atoms with Crippen molar-refractivity contribution in [1.82, 2.24) is 5.32 Å². The fourth-order valence-electron chi connectivity index (χ4n) is 1.75. The summed E-state index contributed by atoms with van der Waals surface area (Å²) in [6.45, 7) is 7.11. The van der Waals surface area contributed by atoms with Crippen molar-refractivity contribution in [2.75, 3.05) is 13.6 Å². The van der Waals surface area contributed by atoms with Gasteiger partial charge >= 0.3 is 0 Å². The monoisotopic (exact) mass is 183 g/mol. The molecule has 0 saturated carbocycles. The van der Waals surface area contributed by atoms with Crippen LogP contribution >= 0.6 is 0 Å². The van der Waals surface area contributed by atoms with Crippen LogP contribution in [0.4, 0.5) is 0 Å². The van der Waals surface area contributed by atoms with Gasteiger partial charge in [0.2, 0.25) is 0 Å². The molecule has 2 unspecified atom stereocenters. The molecule has 1 heterocycles. The van der Waals surface area contributed by atoms with Gasteiger partial charge in [0.15, 0.2) is 0 Å². The fraction of sp³-hybridized carbons (Fsp3) is 0.818. The van der Waals surface area contributed by atoms with Crippen LogP contribution < -0.4 is 5.32 Å². The SMILES string of the molecule is C=C[C@H](CCCCNC)C1OC1C. The molecule has 1 fully saturated rings. The minimum Gasteiger partial charge on any atom is -0.369 e. The van der Waals surface area contributed by atoms with E-state index in [9.17, 15) is 0 Å².